The van der Waals surface area contributed by atoms with Crippen molar-refractivity contribution >= 4 is 27.7 Å². The average molecular weight is 335 g/mol. The van der Waals surface area contributed by atoms with Crippen molar-refractivity contribution in [1.82, 2.24) is 4.98 Å². The van der Waals surface area contributed by atoms with Crippen LogP contribution < -0.4 is 5.32 Å². The van der Waals surface area contributed by atoms with E-state index in [0.717, 1.165) is 0 Å². The van der Waals surface area contributed by atoms with Gasteiger partial charge in [0.15, 0.2) is 0 Å². The van der Waals surface area contributed by atoms with Crippen LogP contribution >= 0.6 is 15.9 Å². The molecule has 104 valence electrons. The number of hydrogen-bond donors (Lipinski definition) is 2. The molecule has 1 fully saturated rings. The molecule has 19 heavy (non-hydrogen) atoms. The Morgan fingerprint density at radius 1 is 1.47 bits per heavy atom. The van der Waals surface area contributed by atoms with E-state index in [1.165, 1.54) is 12.3 Å². The number of nitrogens with one attached hydrogen (secondary N) is 1. The summed E-state index contributed by atoms with van der Waals surface area (Å²) in [6.45, 7) is 0. The van der Waals surface area contributed by atoms with Gasteiger partial charge in [-0.1, -0.05) is 0 Å². The van der Waals surface area contributed by atoms with Crippen molar-refractivity contribution in [2.75, 3.05) is 5.32 Å². The van der Waals surface area contributed by atoms with Gasteiger partial charge >= 0.3 is 5.97 Å². The number of alkyl halides is 2. The number of aromatic carboxylic acids is 1. The van der Waals surface area contributed by atoms with Gasteiger partial charge in [0.2, 0.25) is 5.92 Å². The zero-order chi connectivity index (χ0) is 14.0. The Hall–Kier alpha value is -1.24. The van der Waals surface area contributed by atoms with Crippen LogP contribution in [-0.2, 0) is 0 Å². The molecule has 0 saturated heterocycles. The second-order valence-corrected chi connectivity index (χ2v) is 5.55. The van der Waals surface area contributed by atoms with Crippen LogP contribution in [0.1, 0.15) is 36.0 Å². The van der Waals surface area contributed by atoms with Gasteiger partial charge in [-0.15, -0.1) is 0 Å². The molecule has 0 spiro atoms. The summed E-state index contributed by atoms with van der Waals surface area (Å²) in [6, 6.07) is 1.28. The van der Waals surface area contributed by atoms with Crippen LogP contribution in [0, 0.1) is 0 Å². The molecule has 0 unspecified atom stereocenters. The molecule has 0 atom stereocenters. The van der Waals surface area contributed by atoms with Crippen molar-refractivity contribution in [3.05, 3.63) is 22.3 Å². The van der Waals surface area contributed by atoms with Gasteiger partial charge in [-0.2, -0.15) is 0 Å². The van der Waals surface area contributed by atoms with E-state index >= 15 is 0 Å². The van der Waals surface area contributed by atoms with Crippen LogP contribution in [0.3, 0.4) is 0 Å². The summed E-state index contributed by atoms with van der Waals surface area (Å²) in [5.41, 5.74) is 0.0340. The lowest BCUT2D eigenvalue weighted by Crippen LogP contribution is -2.32. The van der Waals surface area contributed by atoms with Gasteiger partial charge in [0.25, 0.3) is 0 Å². The molecule has 7 heteroatoms. The zero-order valence-corrected chi connectivity index (χ0v) is 11.6. The molecule has 0 radical (unpaired) electrons. The first-order valence-electron chi connectivity index (χ1n) is 5.90. The minimum absolute atomic E-state index is 0.0340. The number of carbonyl (C=O) groups is 1. The minimum Gasteiger partial charge on any atom is -0.478 e. The van der Waals surface area contributed by atoms with Crippen LogP contribution in [0.25, 0.3) is 0 Å². The van der Waals surface area contributed by atoms with E-state index in [1.807, 2.05) is 0 Å². The Labute approximate surface area is 117 Å². The summed E-state index contributed by atoms with van der Waals surface area (Å²) < 4.78 is 26.6. The number of rotatable bonds is 3. The molecule has 0 aromatic carbocycles. The highest BCUT2D eigenvalue weighted by molar-refractivity contribution is 9.10. The van der Waals surface area contributed by atoms with E-state index in [4.69, 9.17) is 5.11 Å². The van der Waals surface area contributed by atoms with Crippen molar-refractivity contribution in [2.24, 2.45) is 0 Å². The molecule has 1 aliphatic rings. The number of anilines is 1. The molecule has 4 nitrogen and oxygen atoms in total. The van der Waals surface area contributed by atoms with Crippen LogP contribution in [0.2, 0.25) is 0 Å². The molecule has 0 amide bonds. The standard InChI is InChI=1S/C12H13BrF2N2O2/c13-7-5-9(11(18)19)10(16-6-7)17-8-1-3-12(14,15)4-2-8/h5-6,8H,1-4H2,(H,16,17)(H,18,19). The van der Waals surface area contributed by atoms with Crippen molar-refractivity contribution in [3.8, 4) is 0 Å². The molecule has 0 bridgehead atoms. The average Bonchev–Trinajstić information content (AvgIpc) is 2.33. The number of halogens is 3. The monoisotopic (exact) mass is 334 g/mol. The van der Waals surface area contributed by atoms with Crippen molar-refractivity contribution in [1.29, 1.82) is 0 Å². The number of pyridine rings is 1. The number of carboxylic acid groups (broad SMARTS) is 1. The maximum Gasteiger partial charge on any atom is 0.339 e. The fraction of sp³-hybridized carbons (Fsp3) is 0.500. The van der Waals surface area contributed by atoms with E-state index in [9.17, 15) is 13.6 Å². The lowest BCUT2D eigenvalue weighted by atomic mass is 9.92. The number of aromatic nitrogens is 1. The maximum atomic E-state index is 13.0. The Bertz CT molecular complexity index is 487. The summed E-state index contributed by atoms with van der Waals surface area (Å²) in [7, 11) is 0. The highest BCUT2D eigenvalue weighted by Crippen LogP contribution is 2.34. The first kappa shape index (κ1) is 14.2. The molecule has 1 saturated carbocycles. The fourth-order valence-electron chi connectivity index (χ4n) is 2.10. The summed E-state index contributed by atoms with van der Waals surface area (Å²) in [4.78, 5) is 15.1. The summed E-state index contributed by atoms with van der Waals surface area (Å²) in [5.74, 6) is -3.47. The van der Waals surface area contributed by atoms with Crippen LogP contribution in [0.4, 0.5) is 14.6 Å². The third-order valence-electron chi connectivity index (χ3n) is 3.14. The highest BCUT2D eigenvalue weighted by atomic mass is 79.9. The predicted octanol–water partition coefficient (Wildman–Crippen LogP) is 3.53. The van der Waals surface area contributed by atoms with E-state index in [1.54, 1.807) is 0 Å². The Morgan fingerprint density at radius 3 is 2.68 bits per heavy atom. The third-order valence-corrected chi connectivity index (χ3v) is 3.58. The molecule has 1 aromatic heterocycles. The van der Waals surface area contributed by atoms with E-state index in [0.29, 0.717) is 17.3 Å². The number of carboxylic acids is 1. The maximum absolute atomic E-state index is 13.0. The van der Waals surface area contributed by atoms with Crippen LogP contribution in [0.5, 0.6) is 0 Å². The summed E-state index contributed by atoms with van der Waals surface area (Å²) in [5, 5.41) is 12.0. The summed E-state index contributed by atoms with van der Waals surface area (Å²) >= 11 is 3.15. The lowest BCUT2D eigenvalue weighted by Gasteiger charge is -2.29. The van der Waals surface area contributed by atoms with E-state index in [2.05, 4.69) is 26.2 Å². The van der Waals surface area contributed by atoms with Crippen molar-refractivity contribution < 1.29 is 18.7 Å². The van der Waals surface area contributed by atoms with Gasteiger partial charge in [0.1, 0.15) is 11.4 Å². The van der Waals surface area contributed by atoms with Gasteiger partial charge in [-0.25, -0.2) is 18.6 Å². The van der Waals surface area contributed by atoms with Gasteiger partial charge in [-0.05, 0) is 34.8 Å². The highest BCUT2D eigenvalue weighted by Gasteiger charge is 2.35. The molecule has 2 N–H and O–H groups in total. The predicted molar refractivity (Wildman–Crippen MR) is 69.7 cm³/mol. The first-order chi connectivity index (χ1) is 8.87. The molecule has 0 aliphatic heterocycles. The number of nitrogens with zero attached hydrogens (tertiary/aromatic N) is 1. The quantitative estimate of drug-likeness (QED) is 0.887. The minimum atomic E-state index is -2.60. The number of hydrogen-bond acceptors (Lipinski definition) is 3. The van der Waals surface area contributed by atoms with Gasteiger partial charge in [-0.3, -0.25) is 0 Å². The van der Waals surface area contributed by atoms with Gasteiger partial charge in [0, 0.05) is 29.6 Å². The largest absolute Gasteiger partial charge is 0.478 e. The first-order valence-corrected chi connectivity index (χ1v) is 6.70. The molecule has 1 heterocycles. The SMILES string of the molecule is O=C(O)c1cc(Br)cnc1NC1CCC(F)(F)CC1. The summed E-state index contributed by atoms with van der Waals surface area (Å²) in [6.07, 6.45) is 1.74. The Balaban J connectivity index is 2.10. The second kappa shape index (κ2) is 5.40. The molecule has 1 aromatic rings. The normalized spacial score (nSPS) is 19.1. The molecular formula is C12H13BrF2N2O2. The topological polar surface area (TPSA) is 62.2 Å². The molecule has 1 aliphatic carbocycles. The fourth-order valence-corrected chi connectivity index (χ4v) is 2.43. The Morgan fingerprint density at radius 2 is 2.11 bits per heavy atom. The molecular weight excluding hydrogens is 322 g/mol. The van der Waals surface area contributed by atoms with Crippen LogP contribution in [-0.4, -0.2) is 28.0 Å². The molecule has 2 rings (SSSR count). The Kier molecular flexibility index (Phi) is 4.03. The van der Waals surface area contributed by atoms with E-state index in [-0.39, 0.29) is 30.3 Å². The van der Waals surface area contributed by atoms with Crippen molar-refractivity contribution in [2.45, 2.75) is 37.6 Å². The lowest BCUT2D eigenvalue weighted by molar-refractivity contribution is -0.0361. The van der Waals surface area contributed by atoms with Gasteiger partial charge < -0.3 is 10.4 Å². The van der Waals surface area contributed by atoms with Crippen LogP contribution in [0.15, 0.2) is 16.7 Å². The zero-order valence-electron chi connectivity index (χ0n) is 10.00. The van der Waals surface area contributed by atoms with E-state index < -0.39 is 11.9 Å². The second-order valence-electron chi connectivity index (χ2n) is 4.63. The van der Waals surface area contributed by atoms with Crippen molar-refractivity contribution in [3.63, 3.8) is 0 Å². The smallest absolute Gasteiger partial charge is 0.339 e. The third kappa shape index (κ3) is 3.62. The van der Waals surface area contributed by atoms with Gasteiger partial charge in [0.05, 0.1) is 0 Å².